The molecule has 1 amide bonds. The number of aryl methyl sites for hydroxylation is 2. The molecular weight excluding hydrogens is 238 g/mol. The molecule has 0 spiro atoms. The highest BCUT2D eigenvalue weighted by Gasteiger charge is 2.20. The predicted molar refractivity (Wildman–Crippen MR) is 63.0 cm³/mol. The molecule has 0 saturated carbocycles. The zero-order valence-corrected chi connectivity index (χ0v) is 10.4. The standard InChI is InChI=1S/C11H17N3O4/c1-6-8(7(2)14-13-6)5-10(16)12-9(3-4-15)11(17)18/h9,15H,3-5H2,1-2H3,(H,12,16)(H,13,14)(H,17,18)/t9-/m0/s1. The van der Waals surface area contributed by atoms with Crippen LogP contribution < -0.4 is 5.32 Å². The number of aliphatic carboxylic acids is 1. The van der Waals surface area contributed by atoms with Gasteiger partial charge in [0.1, 0.15) is 6.04 Å². The van der Waals surface area contributed by atoms with Crippen LogP contribution in [0.3, 0.4) is 0 Å². The number of aliphatic hydroxyl groups is 1. The molecule has 0 fully saturated rings. The van der Waals surface area contributed by atoms with Crippen molar-refractivity contribution in [2.75, 3.05) is 6.61 Å². The molecule has 0 unspecified atom stereocenters. The second kappa shape index (κ2) is 6.15. The van der Waals surface area contributed by atoms with Gasteiger partial charge >= 0.3 is 5.97 Å². The fourth-order valence-electron chi connectivity index (χ4n) is 1.63. The summed E-state index contributed by atoms with van der Waals surface area (Å²) in [6.07, 6.45) is 0.0633. The minimum atomic E-state index is -1.15. The molecule has 0 aliphatic carbocycles. The number of aromatic nitrogens is 2. The molecular formula is C11H17N3O4. The zero-order valence-electron chi connectivity index (χ0n) is 10.4. The lowest BCUT2D eigenvalue weighted by molar-refractivity contribution is -0.142. The van der Waals surface area contributed by atoms with Crippen molar-refractivity contribution in [3.8, 4) is 0 Å². The summed E-state index contributed by atoms with van der Waals surface area (Å²) in [4.78, 5) is 22.5. The average Bonchev–Trinajstić information content (AvgIpc) is 2.60. The van der Waals surface area contributed by atoms with E-state index >= 15 is 0 Å². The normalized spacial score (nSPS) is 12.2. The van der Waals surface area contributed by atoms with Crippen LogP contribution in [-0.4, -0.2) is 44.9 Å². The Morgan fingerprint density at radius 3 is 2.56 bits per heavy atom. The first-order valence-electron chi connectivity index (χ1n) is 5.59. The molecule has 1 aromatic rings. The Kier molecular flexibility index (Phi) is 4.85. The average molecular weight is 255 g/mol. The maximum Gasteiger partial charge on any atom is 0.326 e. The Bertz CT molecular complexity index is 422. The number of nitrogens with one attached hydrogen (secondary N) is 2. The van der Waals surface area contributed by atoms with E-state index in [9.17, 15) is 9.59 Å². The van der Waals surface area contributed by atoms with Crippen LogP contribution in [0, 0.1) is 13.8 Å². The lowest BCUT2D eigenvalue weighted by atomic mass is 10.1. The van der Waals surface area contributed by atoms with E-state index in [2.05, 4.69) is 15.5 Å². The van der Waals surface area contributed by atoms with E-state index in [1.54, 1.807) is 13.8 Å². The van der Waals surface area contributed by atoms with E-state index < -0.39 is 17.9 Å². The van der Waals surface area contributed by atoms with E-state index in [0.717, 1.165) is 17.0 Å². The molecule has 7 nitrogen and oxygen atoms in total. The van der Waals surface area contributed by atoms with Crippen molar-refractivity contribution in [2.45, 2.75) is 32.7 Å². The van der Waals surface area contributed by atoms with Crippen LogP contribution in [0.25, 0.3) is 0 Å². The number of hydrogen-bond donors (Lipinski definition) is 4. The summed E-state index contributed by atoms with van der Waals surface area (Å²) in [7, 11) is 0. The van der Waals surface area contributed by atoms with Crippen molar-refractivity contribution in [1.29, 1.82) is 0 Å². The maximum absolute atomic E-state index is 11.7. The molecule has 4 N–H and O–H groups in total. The molecule has 0 aliphatic rings. The van der Waals surface area contributed by atoms with Crippen LogP contribution >= 0.6 is 0 Å². The van der Waals surface area contributed by atoms with E-state index in [0.29, 0.717) is 0 Å². The summed E-state index contributed by atoms with van der Waals surface area (Å²) in [5, 5.41) is 26.6. The van der Waals surface area contributed by atoms with Crippen molar-refractivity contribution in [2.24, 2.45) is 0 Å². The van der Waals surface area contributed by atoms with Gasteiger partial charge in [-0.2, -0.15) is 5.10 Å². The number of aromatic amines is 1. The fourth-order valence-corrected chi connectivity index (χ4v) is 1.63. The number of carbonyl (C=O) groups is 2. The van der Waals surface area contributed by atoms with Gasteiger partial charge in [0.25, 0.3) is 0 Å². The first kappa shape index (κ1) is 14.2. The SMILES string of the molecule is Cc1n[nH]c(C)c1CC(=O)N[C@@H](CCO)C(=O)O. The Morgan fingerprint density at radius 2 is 2.11 bits per heavy atom. The monoisotopic (exact) mass is 255 g/mol. The van der Waals surface area contributed by atoms with Gasteiger partial charge in [-0.3, -0.25) is 9.89 Å². The summed E-state index contributed by atoms with van der Waals surface area (Å²) >= 11 is 0. The van der Waals surface area contributed by atoms with E-state index in [4.69, 9.17) is 10.2 Å². The molecule has 0 saturated heterocycles. The molecule has 7 heteroatoms. The number of aliphatic hydroxyl groups excluding tert-OH is 1. The van der Waals surface area contributed by atoms with Crippen LogP contribution in [0.5, 0.6) is 0 Å². The van der Waals surface area contributed by atoms with Crippen molar-refractivity contribution in [3.05, 3.63) is 17.0 Å². The predicted octanol–water partition coefficient (Wildman–Crippen LogP) is -0.479. The molecule has 1 rings (SSSR count). The van der Waals surface area contributed by atoms with Gasteiger partial charge in [-0.05, 0) is 13.8 Å². The number of hydrogen-bond acceptors (Lipinski definition) is 4. The van der Waals surface area contributed by atoms with Gasteiger partial charge in [0.05, 0.1) is 12.1 Å². The number of carboxylic acids is 1. The van der Waals surface area contributed by atoms with Crippen LogP contribution in [0.2, 0.25) is 0 Å². The minimum absolute atomic E-state index is 0.00950. The highest BCUT2D eigenvalue weighted by molar-refractivity contribution is 5.85. The quantitative estimate of drug-likeness (QED) is 0.548. The third-order valence-electron chi connectivity index (χ3n) is 2.67. The van der Waals surface area contributed by atoms with Crippen LogP contribution in [0.1, 0.15) is 23.4 Å². The molecule has 1 atom stereocenters. The van der Waals surface area contributed by atoms with Crippen molar-refractivity contribution < 1.29 is 19.8 Å². The summed E-state index contributed by atoms with van der Waals surface area (Å²) in [6.45, 7) is 3.28. The lowest BCUT2D eigenvalue weighted by Gasteiger charge is -2.13. The Labute approximate surface area is 104 Å². The Balaban J connectivity index is 2.63. The third kappa shape index (κ3) is 3.56. The molecule has 18 heavy (non-hydrogen) atoms. The zero-order chi connectivity index (χ0) is 13.7. The van der Waals surface area contributed by atoms with Gasteiger partial charge in [-0.25, -0.2) is 4.79 Å². The molecule has 1 aromatic heterocycles. The second-order valence-corrected chi connectivity index (χ2v) is 4.06. The number of amides is 1. The maximum atomic E-state index is 11.7. The molecule has 100 valence electrons. The first-order valence-corrected chi connectivity index (χ1v) is 5.59. The lowest BCUT2D eigenvalue weighted by Crippen LogP contribution is -2.42. The fraction of sp³-hybridized carbons (Fsp3) is 0.545. The first-order chi connectivity index (χ1) is 8.45. The summed E-state index contributed by atoms with van der Waals surface area (Å²) in [6, 6.07) is -1.06. The summed E-state index contributed by atoms with van der Waals surface area (Å²) in [5.74, 6) is -1.55. The number of carboxylic acid groups (broad SMARTS) is 1. The van der Waals surface area contributed by atoms with Crippen molar-refractivity contribution >= 4 is 11.9 Å². The van der Waals surface area contributed by atoms with E-state index in [-0.39, 0.29) is 19.4 Å². The smallest absolute Gasteiger partial charge is 0.326 e. The van der Waals surface area contributed by atoms with Crippen molar-refractivity contribution in [3.63, 3.8) is 0 Å². The number of carbonyl (C=O) groups excluding carboxylic acids is 1. The highest BCUT2D eigenvalue weighted by atomic mass is 16.4. The number of nitrogens with zero attached hydrogens (tertiary/aromatic N) is 1. The molecule has 0 aliphatic heterocycles. The third-order valence-corrected chi connectivity index (χ3v) is 2.67. The Morgan fingerprint density at radius 1 is 1.44 bits per heavy atom. The van der Waals surface area contributed by atoms with E-state index in [1.807, 2.05) is 0 Å². The molecule has 1 heterocycles. The summed E-state index contributed by atoms with van der Waals surface area (Å²) < 4.78 is 0. The van der Waals surface area contributed by atoms with Gasteiger partial charge < -0.3 is 15.5 Å². The van der Waals surface area contributed by atoms with Crippen LogP contribution in [-0.2, 0) is 16.0 Å². The van der Waals surface area contributed by atoms with E-state index in [1.165, 1.54) is 0 Å². The minimum Gasteiger partial charge on any atom is -0.480 e. The summed E-state index contributed by atoms with van der Waals surface area (Å²) in [5.41, 5.74) is 2.27. The van der Waals surface area contributed by atoms with Gasteiger partial charge in [-0.15, -0.1) is 0 Å². The van der Waals surface area contributed by atoms with Gasteiger partial charge in [-0.1, -0.05) is 0 Å². The number of H-pyrrole nitrogens is 1. The number of rotatable bonds is 6. The van der Waals surface area contributed by atoms with Crippen LogP contribution in [0.15, 0.2) is 0 Å². The topological polar surface area (TPSA) is 115 Å². The van der Waals surface area contributed by atoms with Gasteiger partial charge in [0, 0.05) is 24.3 Å². The molecule has 0 bridgehead atoms. The largest absolute Gasteiger partial charge is 0.480 e. The van der Waals surface area contributed by atoms with Gasteiger partial charge in [0.15, 0.2) is 0 Å². The van der Waals surface area contributed by atoms with Gasteiger partial charge in [0.2, 0.25) is 5.91 Å². The second-order valence-electron chi connectivity index (χ2n) is 4.06. The molecule has 0 aromatic carbocycles. The van der Waals surface area contributed by atoms with Crippen molar-refractivity contribution in [1.82, 2.24) is 15.5 Å². The highest BCUT2D eigenvalue weighted by Crippen LogP contribution is 2.10. The van der Waals surface area contributed by atoms with Crippen LogP contribution in [0.4, 0.5) is 0 Å². The molecule has 0 radical (unpaired) electrons. The Hall–Kier alpha value is -1.89.